The Morgan fingerprint density at radius 1 is 1.42 bits per heavy atom. The van der Waals surface area contributed by atoms with Crippen LogP contribution in [0.5, 0.6) is 0 Å². The maximum atomic E-state index is 4.21. The summed E-state index contributed by atoms with van der Waals surface area (Å²) in [7, 11) is 3.98. The van der Waals surface area contributed by atoms with Crippen molar-refractivity contribution in [2.24, 2.45) is 7.05 Å². The van der Waals surface area contributed by atoms with Crippen LogP contribution < -0.4 is 5.32 Å². The Labute approximate surface area is 123 Å². The first-order valence-electron chi connectivity index (χ1n) is 6.51. The monoisotopic (exact) mass is 321 g/mol. The Bertz CT molecular complexity index is 548. The molecule has 0 amide bonds. The lowest BCUT2D eigenvalue weighted by molar-refractivity contribution is 0.546. The summed E-state index contributed by atoms with van der Waals surface area (Å²) in [5.74, 6) is 0. The molecule has 3 nitrogen and oxygen atoms in total. The van der Waals surface area contributed by atoms with Crippen LogP contribution in [0.2, 0.25) is 0 Å². The SMILES string of the molecule is CNC(CCc1cnn(C)c1)c1cc(Br)ccc1C. The van der Waals surface area contributed by atoms with E-state index in [4.69, 9.17) is 0 Å². The Morgan fingerprint density at radius 2 is 2.21 bits per heavy atom. The molecule has 2 rings (SSSR count). The number of benzene rings is 1. The van der Waals surface area contributed by atoms with Gasteiger partial charge in [0.1, 0.15) is 0 Å². The van der Waals surface area contributed by atoms with Gasteiger partial charge in [-0.2, -0.15) is 5.10 Å². The van der Waals surface area contributed by atoms with Gasteiger partial charge in [0.25, 0.3) is 0 Å². The lowest BCUT2D eigenvalue weighted by atomic mass is 9.96. The molecule has 0 aliphatic rings. The lowest BCUT2D eigenvalue weighted by Gasteiger charge is -2.19. The number of nitrogens with zero attached hydrogens (tertiary/aromatic N) is 2. The van der Waals surface area contributed by atoms with Crippen LogP contribution in [-0.2, 0) is 13.5 Å². The molecular formula is C15H20BrN3. The van der Waals surface area contributed by atoms with Gasteiger partial charge in [-0.1, -0.05) is 22.0 Å². The van der Waals surface area contributed by atoms with E-state index in [2.05, 4.69) is 57.7 Å². The summed E-state index contributed by atoms with van der Waals surface area (Å²) in [5, 5.41) is 7.63. The first kappa shape index (κ1) is 14.3. The summed E-state index contributed by atoms with van der Waals surface area (Å²) in [6, 6.07) is 6.83. The van der Waals surface area contributed by atoms with Gasteiger partial charge >= 0.3 is 0 Å². The zero-order valence-electron chi connectivity index (χ0n) is 11.7. The highest BCUT2D eigenvalue weighted by Gasteiger charge is 2.12. The minimum absolute atomic E-state index is 0.373. The molecule has 1 N–H and O–H groups in total. The molecule has 4 heteroatoms. The minimum atomic E-state index is 0.373. The van der Waals surface area contributed by atoms with Gasteiger partial charge in [-0.3, -0.25) is 4.68 Å². The van der Waals surface area contributed by atoms with Crippen molar-refractivity contribution in [3.05, 3.63) is 51.8 Å². The third-order valence-electron chi connectivity index (χ3n) is 3.45. The second-order valence-electron chi connectivity index (χ2n) is 4.90. The molecule has 0 radical (unpaired) electrons. The topological polar surface area (TPSA) is 29.9 Å². The van der Waals surface area contributed by atoms with Gasteiger partial charge in [0, 0.05) is 23.8 Å². The summed E-state index contributed by atoms with van der Waals surface area (Å²) >= 11 is 3.55. The third-order valence-corrected chi connectivity index (χ3v) is 3.94. The maximum Gasteiger partial charge on any atom is 0.0521 e. The predicted molar refractivity (Wildman–Crippen MR) is 82.2 cm³/mol. The fourth-order valence-electron chi connectivity index (χ4n) is 2.35. The molecular weight excluding hydrogens is 302 g/mol. The van der Waals surface area contributed by atoms with E-state index in [-0.39, 0.29) is 0 Å². The zero-order valence-corrected chi connectivity index (χ0v) is 13.2. The van der Waals surface area contributed by atoms with E-state index in [1.165, 1.54) is 16.7 Å². The van der Waals surface area contributed by atoms with Crippen molar-refractivity contribution in [1.29, 1.82) is 0 Å². The Hall–Kier alpha value is -1.13. The van der Waals surface area contributed by atoms with Crippen molar-refractivity contribution in [2.45, 2.75) is 25.8 Å². The zero-order chi connectivity index (χ0) is 13.8. The van der Waals surface area contributed by atoms with Crippen LogP contribution in [0.4, 0.5) is 0 Å². The maximum absolute atomic E-state index is 4.21. The van der Waals surface area contributed by atoms with Crippen LogP contribution in [0.3, 0.4) is 0 Å². The van der Waals surface area contributed by atoms with Gasteiger partial charge in [-0.25, -0.2) is 0 Å². The number of aryl methyl sites for hydroxylation is 3. The van der Waals surface area contributed by atoms with E-state index in [1.807, 2.05) is 25.0 Å². The van der Waals surface area contributed by atoms with E-state index in [9.17, 15) is 0 Å². The summed E-state index contributed by atoms with van der Waals surface area (Å²) in [6.07, 6.45) is 6.13. The average molecular weight is 322 g/mol. The molecule has 1 aromatic carbocycles. The lowest BCUT2D eigenvalue weighted by Crippen LogP contribution is -2.18. The molecule has 1 unspecified atom stereocenters. The molecule has 102 valence electrons. The van der Waals surface area contributed by atoms with E-state index >= 15 is 0 Å². The van der Waals surface area contributed by atoms with Crippen molar-refractivity contribution in [3.8, 4) is 0 Å². The number of hydrogen-bond acceptors (Lipinski definition) is 2. The van der Waals surface area contributed by atoms with Gasteiger partial charge < -0.3 is 5.32 Å². The molecule has 0 aliphatic heterocycles. The molecule has 1 atom stereocenters. The molecule has 0 saturated heterocycles. The number of rotatable bonds is 5. The first-order chi connectivity index (χ1) is 9.10. The number of hydrogen-bond donors (Lipinski definition) is 1. The van der Waals surface area contributed by atoms with E-state index in [0.29, 0.717) is 6.04 Å². The first-order valence-corrected chi connectivity index (χ1v) is 7.30. The van der Waals surface area contributed by atoms with Gasteiger partial charge in [-0.15, -0.1) is 0 Å². The van der Waals surface area contributed by atoms with E-state index in [0.717, 1.165) is 17.3 Å². The Morgan fingerprint density at radius 3 is 2.84 bits per heavy atom. The van der Waals surface area contributed by atoms with Crippen molar-refractivity contribution in [3.63, 3.8) is 0 Å². The minimum Gasteiger partial charge on any atom is -0.313 e. The van der Waals surface area contributed by atoms with Crippen LogP contribution in [-0.4, -0.2) is 16.8 Å². The summed E-state index contributed by atoms with van der Waals surface area (Å²) in [5.41, 5.74) is 3.98. The van der Waals surface area contributed by atoms with E-state index < -0.39 is 0 Å². The van der Waals surface area contributed by atoms with E-state index in [1.54, 1.807) is 0 Å². The Balaban J connectivity index is 2.09. The van der Waals surface area contributed by atoms with Crippen molar-refractivity contribution >= 4 is 15.9 Å². The molecule has 19 heavy (non-hydrogen) atoms. The highest BCUT2D eigenvalue weighted by atomic mass is 79.9. The van der Waals surface area contributed by atoms with Crippen molar-refractivity contribution in [1.82, 2.24) is 15.1 Å². The normalized spacial score (nSPS) is 12.6. The quantitative estimate of drug-likeness (QED) is 0.914. The Kier molecular flexibility index (Phi) is 4.77. The molecule has 0 fully saturated rings. The fraction of sp³-hybridized carbons (Fsp3) is 0.400. The van der Waals surface area contributed by atoms with Crippen LogP contribution >= 0.6 is 15.9 Å². The molecule has 0 saturated carbocycles. The molecule has 0 bridgehead atoms. The van der Waals surface area contributed by atoms with Crippen LogP contribution in [0.15, 0.2) is 35.1 Å². The molecule has 1 heterocycles. The largest absolute Gasteiger partial charge is 0.313 e. The number of nitrogens with one attached hydrogen (secondary N) is 1. The second-order valence-corrected chi connectivity index (χ2v) is 5.82. The second kappa shape index (κ2) is 6.35. The van der Waals surface area contributed by atoms with Crippen LogP contribution in [0.25, 0.3) is 0 Å². The predicted octanol–water partition coefficient (Wildman–Crippen LogP) is 3.38. The van der Waals surface area contributed by atoms with Gasteiger partial charge in [0.2, 0.25) is 0 Å². The van der Waals surface area contributed by atoms with Crippen LogP contribution in [0.1, 0.15) is 29.2 Å². The molecule has 0 spiro atoms. The molecule has 0 aliphatic carbocycles. The van der Waals surface area contributed by atoms with Gasteiger partial charge in [0.15, 0.2) is 0 Å². The average Bonchev–Trinajstić information content (AvgIpc) is 2.80. The van der Waals surface area contributed by atoms with Gasteiger partial charge in [0.05, 0.1) is 6.20 Å². The smallest absolute Gasteiger partial charge is 0.0521 e. The number of halogens is 1. The highest BCUT2D eigenvalue weighted by molar-refractivity contribution is 9.10. The summed E-state index contributed by atoms with van der Waals surface area (Å²) in [4.78, 5) is 0. The molecule has 1 aromatic heterocycles. The summed E-state index contributed by atoms with van der Waals surface area (Å²) in [6.45, 7) is 2.16. The van der Waals surface area contributed by atoms with Crippen molar-refractivity contribution in [2.75, 3.05) is 7.05 Å². The third kappa shape index (κ3) is 3.67. The van der Waals surface area contributed by atoms with Gasteiger partial charge in [-0.05, 0) is 55.6 Å². The highest BCUT2D eigenvalue weighted by Crippen LogP contribution is 2.25. The summed E-state index contributed by atoms with van der Waals surface area (Å²) < 4.78 is 2.99. The number of aromatic nitrogens is 2. The standard InChI is InChI=1S/C15H20BrN3/c1-11-4-6-13(16)8-14(11)15(17-2)7-5-12-9-18-19(3)10-12/h4,6,8-10,15,17H,5,7H2,1-3H3. The van der Waals surface area contributed by atoms with Crippen molar-refractivity contribution < 1.29 is 0 Å². The fourth-order valence-corrected chi connectivity index (χ4v) is 2.73. The van der Waals surface area contributed by atoms with Crippen LogP contribution in [0, 0.1) is 6.92 Å². The molecule has 2 aromatic rings.